The number of anilines is 1. The maximum absolute atomic E-state index is 11.7. The van der Waals surface area contributed by atoms with Gasteiger partial charge in [0.15, 0.2) is 0 Å². The number of hydrogen-bond donors (Lipinski definition) is 1. The first-order valence-corrected chi connectivity index (χ1v) is 8.96. The van der Waals surface area contributed by atoms with Gasteiger partial charge in [-0.2, -0.15) is 0 Å². The Hall–Kier alpha value is -2.82. The van der Waals surface area contributed by atoms with E-state index in [-0.39, 0.29) is 17.9 Å². The molecule has 0 aliphatic carbocycles. The molecule has 134 valence electrons. The largest absolute Gasteiger partial charge is 0.466 e. The van der Waals surface area contributed by atoms with Crippen LogP contribution in [0.5, 0.6) is 0 Å². The van der Waals surface area contributed by atoms with Crippen LogP contribution in [0.1, 0.15) is 29.9 Å². The summed E-state index contributed by atoms with van der Waals surface area (Å²) in [6, 6.07) is 14.3. The molecule has 1 aromatic carbocycles. The van der Waals surface area contributed by atoms with Crippen LogP contribution in [-0.2, 0) is 4.79 Å². The predicted molar refractivity (Wildman–Crippen MR) is 102 cm³/mol. The Morgan fingerprint density at radius 3 is 2.73 bits per heavy atom. The van der Waals surface area contributed by atoms with Crippen molar-refractivity contribution < 1.29 is 9.21 Å². The molecule has 0 spiro atoms. The highest BCUT2D eigenvalue weighted by molar-refractivity contribution is 5.84. The summed E-state index contributed by atoms with van der Waals surface area (Å²) in [6.07, 6.45) is 0. The first-order chi connectivity index (χ1) is 12.5. The number of furan rings is 1. The van der Waals surface area contributed by atoms with Gasteiger partial charge in [0.25, 0.3) is 0 Å². The van der Waals surface area contributed by atoms with Crippen LogP contribution in [-0.4, -0.2) is 30.0 Å². The summed E-state index contributed by atoms with van der Waals surface area (Å²) in [5, 5.41) is 4.26. The molecule has 0 unspecified atom stereocenters. The minimum absolute atomic E-state index is 0.00614. The maximum atomic E-state index is 11.7. The topological polar surface area (TPSA) is 58.4 Å². The van der Waals surface area contributed by atoms with Crippen molar-refractivity contribution in [2.45, 2.75) is 32.7 Å². The normalized spacial score (nSPS) is 19.9. The highest BCUT2D eigenvalue weighted by atomic mass is 16.3. The average Bonchev–Trinajstić information content (AvgIpc) is 3.20. The number of carbonyl (C=O) groups is 1. The number of amides is 1. The molecule has 0 radical (unpaired) electrons. The summed E-state index contributed by atoms with van der Waals surface area (Å²) in [4.78, 5) is 18.8. The van der Waals surface area contributed by atoms with Gasteiger partial charge in [0.1, 0.15) is 17.3 Å². The van der Waals surface area contributed by atoms with E-state index in [4.69, 9.17) is 9.40 Å². The molecule has 1 amide bonds. The molecule has 0 bridgehead atoms. The second kappa shape index (κ2) is 6.48. The Bertz CT molecular complexity index is 963. The van der Waals surface area contributed by atoms with Crippen molar-refractivity contribution in [3.63, 3.8) is 0 Å². The molecule has 3 heterocycles. The number of hydrogen-bond acceptors (Lipinski definition) is 4. The Labute approximate surface area is 153 Å². The molecule has 2 atom stereocenters. The van der Waals surface area contributed by atoms with Crippen molar-refractivity contribution in [1.29, 1.82) is 0 Å². The first kappa shape index (κ1) is 16.6. The van der Waals surface area contributed by atoms with Crippen molar-refractivity contribution in [2.24, 2.45) is 0 Å². The molecule has 4 rings (SSSR count). The first-order valence-electron chi connectivity index (χ1n) is 8.96. The Morgan fingerprint density at radius 2 is 2.00 bits per heavy atom. The second-order valence-electron chi connectivity index (χ2n) is 7.08. The van der Waals surface area contributed by atoms with Crippen LogP contribution in [0, 0.1) is 13.8 Å². The number of nitrogens with one attached hydrogen (secondary N) is 1. The van der Waals surface area contributed by atoms with Gasteiger partial charge in [0.2, 0.25) is 5.91 Å². The molecule has 1 aliphatic heterocycles. The van der Waals surface area contributed by atoms with Gasteiger partial charge in [-0.15, -0.1) is 0 Å². The molecule has 3 aromatic rings. The van der Waals surface area contributed by atoms with Gasteiger partial charge >= 0.3 is 0 Å². The Morgan fingerprint density at radius 1 is 1.19 bits per heavy atom. The Balaban J connectivity index is 1.68. The molecule has 1 saturated heterocycles. The monoisotopic (exact) mass is 349 g/mol. The number of nitrogens with zero attached hydrogens (tertiary/aromatic N) is 2. The summed E-state index contributed by atoms with van der Waals surface area (Å²) < 4.78 is 5.86. The van der Waals surface area contributed by atoms with Crippen molar-refractivity contribution >= 4 is 22.6 Å². The number of carbonyl (C=O) groups excluding carboxylic acids is 1. The minimum Gasteiger partial charge on any atom is -0.466 e. The zero-order valence-electron chi connectivity index (χ0n) is 15.3. The van der Waals surface area contributed by atoms with E-state index in [1.807, 2.05) is 37.3 Å². The van der Waals surface area contributed by atoms with E-state index < -0.39 is 0 Å². The van der Waals surface area contributed by atoms with Crippen LogP contribution >= 0.6 is 0 Å². The van der Waals surface area contributed by atoms with Crippen LogP contribution in [0.2, 0.25) is 0 Å². The van der Waals surface area contributed by atoms with Gasteiger partial charge in [-0.1, -0.05) is 18.2 Å². The molecule has 2 aromatic heterocycles. The number of pyridine rings is 1. The maximum Gasteiger partial charge on any atom is 0.217 e. The highest BCUT2D eigenvalue weighted by Gasteiger charge is 2.37. The molecule has 26 heavy (non-hydrogen) atoms. The molecule has 5 heteroatoms. The number of fused-ring (bicyclic) bond motifs is 1. The molecule has 1 fully saturated rings. The SMILES string of the molecule is CC(=O)N[C@@H]1CN(c2cc(C)c3ccccc3n2)C[C@H]1c1ccc(C)o1. The van der Waals surface area contributed by atoms with Gasteiger partial charge in [0.05, 0.1) is 17.5 Å². The van der Waals surface area contributed by atoms with Gasteiger partial charge in [-0.05, 0) is 43.7 Å². The van der Waals surface area contributed by atoms with Gasteiger partial charge < -0.3 is 14.6 Å². The van der Waals surface area contributed by atoms with Crippen LogP contribution in [0.15, 0.2) is 46.9 Å². The molecule has 1 aliphatic rings. The van der Waals surface area contributed by atoms with Gasteiger partial charge in [0, 0.05) is 25.4 Å². The van der Waals surface area contributed by atoms with Crippen molar-refractivity contribution in [3.05, 3.63) is 59.5 Å². The smallest absolute Gasteiger partial charge is 0.217 e. The third-order valence-electron chi connectivity index (χ3n) is 5.07. The average molecular weight is 349 g/mol. The van der Waals surface area contributed by atoms with Crippen LogP contribution < -0.4 is 10.2 Å². The fourth-order valence-electron chi connectivity index (χ4n) is 3.83. The van der Waals surface area contributed by atoms with Gasteiger partial charge in [-0.25, -0.2) is 4.98 Å². The van der Waals surface area contributed by atoms with Crippen molar-refractivity contribution in [2.75, 3.05) is 18.0 Å². The second-order valence-corrected chi connectivity index (χ2v) is 7.08. The number of aryl methyl sites for hydroxylation is 2. The van der Waals surface area contributed by atoms with E-state index in [0.717, 1.165) is 35.9 Å². The quantitative estimate of drug-likeness (QED) is 0.785. The van der Waals surface area contributed by atoms with E-state index >= 15 is 0 Å². The number of para-hydroxylation sites is 1. The lowest BCUT2D eigenvalue weighted by atomic mass is 10.0. The summed E-state index contributed by atoms with van der Waals surface area (Å²) in [5.74, 6) is 2.84. The highest BCUT2D eigenvalue weighted by Crippen LogP contribution is 2.33. The van der Waals surface area contributed by atoms with Gasteiger partial charge in [-0.3, -0.25) is 4.79 Å². The number of aromatic nitrogens is 1. The lowest BCUT2D eigenvalue weighted by Gasteiger charge is -2.19. The zero-order valence-corrected chi connectivity index (χ0v) is 15.3. The summed E-state index contributed by atoms with van der Waals surface area (Å²) in [6.45, 7) is 7.10. The van der Waals surface area contributed by atoms with Crippen LogP contribution in [0.3, 0.4) is 0 Å². The van der Waals surface area contributed by atoms with E-state index in [1.54, 1.807) is 6.92 Å². The zero-order chi connectivity index (χ0) is 18.3. The van der Waals surface area contributed by atoms with E-state index in [1.165, 1.54) is 10.9 Å². The lowest BCUT2D eigenvalue weighted by Crippen LogP contribution is -2.38. The van der Waals surface area contributed by atoms with Crippen LogP contribution in [0.25, 0.3) is 10.9 Å². The third-order valence-corrected chi connectivity index (χ3v) is 5.07. The lowest BCUT2D eigenvalue weighted by molar-refractivity contribution is -0.119. The predicted octanol–water partition coefficient (Wildman–Crippen LogP) is 3.55. The fourth-order valence-corrected chi connectivity index (χ4v) is 3.83. The third kappa shape index (κ3) is 3.05. The van der Waals surface area contributed by atoms with Crippen molar-refractivity contribution in [1.82, 2.24) is 10.3 Å². The molecular formula is C21H23N3O2. The molecule has 0 saturated carbocycles. The van der Waals surface area contributed by atoms with E-state index in [9.17, 15) is 4.79 Å². The summed E-state index contributed by atoms with van der Waals surface area (Å²) in [7, 11) is 0. The van der Waals surface area contributed by atoms with Crippen molar-refractivity contribution in [3.8, 4) is 0 Å². The molecule has 1 N–H and O–H groups in total. The molecular weight excluding hydrogens is 326 g/mol. The molecule has 5 nitrogen and oxygen atoms in total. The summed E-state index contributed by atoms with van der Waals surface area (Å²) >= 11 is 0. The summed E-state index contributed by atoms with van der Waals surface area (Å²) in [5.41, 5.74) is 2.20. The van der Waals surface area contributed by atoms with E-state index in [2.05, 4.69) is 29.3 Å². The van der Waals surface area contributed by atoms with Crippen LogP contribution in [0.4, 0.5) is 5.82 Å². The minimum atomic E-state index is -0.0206. The Kier molecular flexibility index (Phi) is 4.15. The fraction of sp³-hybridized carbons (Fsp3) is 0.333. The number of benzene rings is 1. The van der Waals surface area contributed by atoms with E-state index in [0.29, 0.717) is 0 Å². The number of rotatable bonds is 3. The standard InChI is InChI=1S/C21H23N3O2/c1-13-10-21(23-18-7-5-4-6-16(13)18)24-11-17(19(12-24)22-15(3)25)20-9-8-14(2)26-20/h4-10,17,19H,11-12H2,1-3H3,(H,22,25)/t17-,19-/m1/s1.